The highest BCUT2D eigenvalue weighted by atomic mass is 16.5. The summed E-state index contributed by atoms with van der Waals surface area (Å²) in [5.74, 6) is 3.28. The Balaban J connectivity index is 1.51. The van der Waals surface area contributed by atoms with Crippen molar-refractivity contribution in [3.63, 3.8) is 0 Å². The molecular weight excluding hydrogens is 426 g/mol. The van der Waals surface area contributed by atoms with Crippen LogP contribution in [0.15, 0.2) is 40.9 Å². The predicted molar refractivity (Wildman–Crippen MR) is 120 cm³/mol. The molecule has 3 aromatic rings. The molecule has 1 amide bonds. The molecule has 0 radical (unpaired) electrons. The fourth-order valence-corrected chi connectivity index (χ4v) is 4.05. The van der Waals surface area contributed by atoms with Crippen LogP contribution >= 0.6 is 0 Å². The highest BCUT2D eigenvalue weighted by Gasteiger charge is 2.34. The molecule has 4 rings (SSSR count). The number of rotatable bonds is 8. The number of aromatic nitrogens is 2. The van der Waals surface area contributed by atoms with Gasteiger partial charge >= 0.3 is 0 Å². The van der Waals surface area contributed by atoms with Crippen LogP contribution in [-0.2, 0) is 11.2 Å². The van der Waals surface area contributed by atoms with Gasteiger partial charge in [0.15, 0.2) is 23.0 Å². The first-order chi connectivity index (χ1) is 16.1. The molecule has 1 atom stereocenters. The second-order valence-electron chi connectivity index (χ2n) is 7.64. The zero-order valence-corrected chi connectivity index (χ0v) is 19.2. The number of ether oxygens (including phenoxy) is 4. The fourth-order valence-electron chi connectivity index (χ4n) is 4.05. The van der Waals surface area contributed by atoms with Crippen molar-refractivity contribution in [2.24, 2.45) is 0 Å². The number of carbonyl (C=O) groups is 1. The number of likely N-dealkylation sites (tertiary alicyclic amines) is 1. The Labute approximate surface area is 192 Å². The van der Waals surface area contributed by atoms with Gasteiger partial charge in [0, 0.05) is 12.1 Å². The van der Waals surface area contributed by atoms with Crippen LogP contribution in [-0.4, -0.2) is 55.9 Å². The molecule has 1 unspecified atom stereocenters. The first-order valence-electron chi connectivity index (χ1n) is 10.6. The minimum atomic E-state index is -0.251. The van der Waals surface area contributed by atoms with E-state index in [1.54, 1.807) is 46.6 Å². The number of hydrogen-bond acceptors (Lipinski definition) is 8. The lowest BCUT2D eigenvalue weighted by Gasteiger charge is -2.22. The van der Waals surface area contributed by atoms with Gasteiger partial charge in [-0.3, -0.25) is 4.79 Å². The standard InChI is InChI=1S/C24H27N3O6/c1-29-18-9-7-15(12-20(18)31-3)13-22(28)27-11-5-6-17(27)24-25-23(26-33-24)16-8-10-19(30-2)21(14-16)32-4/h7-10,12,14,17H,5-6,11,13H2,1-4H3. The third-order valence-electron chi connectivity index (χ3n) is 5.74. The summed E-state index contributed by atoms with van der Waals surface area (Å²) in [6.45, 7) is 0.644. The van der Waals surface area contributed by atoms with Crippen molar-refractivity contribution in [1.29, 1.82) is 0 Å². The van der Waals surface area contributed by atoms with Crippen molar-refractivity contribution in [3.05, 3.63) is 47.9 Å². The number of hydrogen-bond donors (Lipinski definition) is 0. The molecule has 174 valence electrons. The van der Waals surface area contributed by atoms with Crippen molar-refractivity contribution >= 4 is 5.91 Å². The molecule has 0 bridgehead atoms. The number of carbonyl (C=O) groups excluding carboxylic acids is 1. The Bertz CT molecular complexity index is 1130. The van der Waals surface area contributed by atoms with Gasteiger partial charge in [-0.15, -0.1) is 0 Å². The van der Waals surface area contributed by atoms with E-state index >= 15 is 0 Å². The average Bonchev–Trinajstić information content (AvgIpc) is 3.53. The molecule has 9 nitrogen and oxygen atoms in total. The van der Waals surface area contributed by atoms with E-state index in [-0.39, 0.29) is 18.4 Å². The summed E-state index contributed by atoms with van der Waals surface area (Å²) < 4.78 is 26.8. The molecule has 1 aliphatic heterocycles. The predicted octanol–water partition coefficient (Wildman–Crippen LogP) is 3.68. The molecule has 1 aromatic heterocycles. The number of amides is 1. The van der Waals surface area contributed by atoms with E-state index in [0.717, 1.165) is 24.0 Å². The minimum Gasteiger partial charge on any atom is -0.493 e. The Morgan fingerprint density at radius 1 is 0.970 bits per heavy atom. The van der Waals surface area contributed by atoms with E-state index in [4.69, 9.17) is 23.5 Å². The van der Waals surface area contributed by atoms with Gasteiger partial charge in [0.2, 0.25) is 17.6 Å². The Morgan fingerprint density at radius 3 is 2.33 bits per heavy atom. The number of nitrogens with zero attached hydrogens (tertiary/aromatic N) is 3. The average molecular weight is 453 g/mol. The van der Waals surface area contributed by atoms with Gasteiger partial charge in [-0.1, -0.05) is 11.2 Å². The third-order valence-corrected chi connectivity index (χ3v) is 5.74. The van der Waals surface area contributed by atoms with Crippen molar-refractivity contribution in [2.75, 3.05) is 35.0 Å². The molecule has 9 heteroatoms. The molecule has 2 aromatic carbocycles. The van der Waals surface area contributed by atoms with Crippen LogP contribution in [0.1, 0.15) is 30.3 Å². The van der Waals surface area contributed by atoms with E-state index in [1.165, 1.54) is 0 Å². The molecule has 1 aliphatic rings. The van der Waals surface area contributed by atoms with Crippen LogP contribution in [0.4, 0.5) is 0 Å². The number of benzene rings is 2. The van der Waals surface area contributed by atoms with E-state index < -0.39 is 0 Å². The normalized spacial score (nSPS) is 15.4. The molecule has 2 heterocycles. The molecule has 33 heavy (non-hydrogen) atoms. The zero-order chi connectivity index (χ0) is 23.4. The summed E-state index contributed by atoms with van der Waals surface area (Å²) in [5, 5.41) is 4.13. The highest BCUT2D eigenvalue weighted by Crippen LogP contribution is 2.35. The van der Waals surface area contributed by atoms with Crippen LogP contribution in [0.25, 0.3) is 11.4 Å². The van der Waals surface area contributed by atoms with Gasteiger partial charge < -0.3 is 28.4 Å². The number of methoxy groups -OCH3 is 4. The second kappa shape index (κ2) is 9.81. The Kier molecular flexibility index (Phi) is 6.67. The topological polar surface area (TPSA) is 96.2 Å². The molecule has 1 fully saturated rings. The van der Waals surface area contributed by atoms with Crippen molar-refractivity contribution in [2.45, 2.75) is 25.3 Å². The van der Waals surface area contributed by atoms with Gasteiger partial charge in [0.1, 0.15) is 6.04 Å². The van der Waals surface area contributed by atoms with Crippen LogP contribution < -0.4 is 18.9 Å². The first kappa shape index (κ1) is 22.4. The van der Waals surface area contributed by atoms with Gasteiger partial charge in [-0.05, 0) is 48.7 Å². The molecule has 1 saturated heterocycles. The van der Waals surface area contributed by atoms with Crippen molar-refractivity contribution < 1.29 is 28.3 Å². The monoisotopic (exact) mass is 453 g/mol. The quantitative estimate of drug-likeness (QED) is 0.510. The van der Waals surface area contributed by atoms with Crippen molar-refractivity contribution in [3.8, 4) is 34.4 Å². The zero-order valence-electron chi connectivity index (χ0n) is 19.2. The summed E-state index contributed by atoms with van der Waals surface area (Å²) in [5.41, 5.74) is 1.59. The molecule has 0 aliphatic carbocycles. The molecular formula is C24H27N3O6. The maximum Gasteiger partial charge on any atom is 0.249 e. The minimum absolute atomic E-state index is 0.00409. The van der Waals surface area contributed by atoms with E-state index in [1.807, 2.05) is 23.1 Å². The maximum atomic E-state index is 13.1. The second-order valence-corrected chi connectivity index (χ2v) is 7.64. The van der Waals surface area contributed by atoms with Gasteiger partial charge in [-0.2, -0.15) is 4.98 Å². The van der Waals surface area contributed by atoms with Crippen LogP contribution in [0.2, 0.25) is 0 Å². The SMILES string of the molecule is COc1ccc(CC(=O)N2CCCC2c2nc(-c3ccc(OC)c(OC)c3)no2)cc1OC. The lowest BCUT2D eigenvalue weighted by molar-refractivity contribution is -0.131. The summed E-state index contributed by atoms with van der Waals surface area (Å²) in [4.78, 5) is 19.5. The molecule has 0 N–H and O–H groups in total. The van der Waals surface area contributed by atoms with Crippen molar-refractivity contribution in [1.82, 2.24) is 15.0 Å². The van der Waals surface area contributed by atoms with Crippen LogP contribution in [0.5, 0.6) is 23.0 Å². The van der Waals surface area contributed by atoms with E-state index in [0.29, 0.717) is 41.3 Å². The van der Waals surface area contributed by atoms with Gasteiger partial charge in [0.25, 0.3) is 0 Å². The van der Waals surface area contributed by atoms with E-state index in [9.17, 15) is 4.79 Å². The summed E-state index contributed by atoms with van der Waals surface area (Å²) in [7, 11) is 6.31. The third kappa shape index (κ3) is 4.57. The summed E-state index contributed by atoms with van der Waals surface area (Å²) in [6.07, 6.45) is 1.88. The lowest BCUT2D eigenvalue weighted by Crippen LogP contribution is -2.32. The summed E-state index contributed by atoms with van der Waals surface area (Å²) in [6, 6.07) is 10.7. The first-order valence-corrected chi connectivity index (χ1v) is 10.6. The Hall–Kier alpha value is -3.75. The molecule has 0 spiro atoms. The van der Waals surface area contributed by atoms with Gasteiger partial charge in [0.05, 0.1) is 34.9 Å². The molecule has 0 saturated carbocycles. The van der Waals surface area contributed by atoms with Crippen LogP contribution in [0, 0.1) is 0 Å². The van der Waals surface area contributed by atoms with E-state index in [2.05, 4.69) is 10.1 Å². The lowest BCUT2D eigenvalue weighted by atomic mass is 10.1. The largest absolute Gasteiger partial charge is 0.493 e. The maximum absolute atomic E-state index is 13.1. The smallest absolute Gasteiger partial charge is 0.249 e. The fraction of sp³-hybridized carbons (Fsp3) is 0.375. The van der Waals surface area contributed by atoms with Gasteiger partial charge in [-0.25, -0.2) is 0 Å². The van der Waals surface area contributed by atoms with Crippen LogP contribution in [0.3, 0.4) is 0 Å². The highest BCUT2D eigenvalue weighted by molar-refractivity contribution is 5.79. The summed E-state index contributed by atoms with van der Waals surface area (Å²) >= 11 is 0. The Morgan fingerprint density at radius 2 is 1.64 bits per heavy atom.